The van der Waals surface area contributed by atoms with Crippen LogP contribution in [0.3, 0.4) is 0 Å². The van der Waals surface area contributed by atoms with Crippen LogP contribution >= 0.6 is 0 Å². The lowest BCUT2D eigenvalue weighted by Crippen LogP contribution is -2.53. The highest BCUT2D eigenvalue weighted by Crippen LogP contribution is 2.22. The number of nitrogens with zero attached hydrogens (tertiary/aromatic N) is 3. The highest BCUT2D eigenvalue weighted by atomic mass is 16.5. The number of hydrogen-bond acceptors (Lipinski definition) is 5. The molecule has 18 heavy (non-hydrogen) atoms. The van der Waals surface area contributed by atoms with E-state index in [1.54, 1.807) is 19.5 Å². The highest BCUT2D eigenvalue weighted by molar-refractivity contribution is 4.91. The van der Waals surface area contributed by atoms with Crippen LogP contribution in [0.5, 0.6) is 0 Å². The molecule has 2 rings (SSSR count). The third-order valence-electron chi connectivity index (χ3n) is 2.89. The van der Waals surface area contributed by atoms with Gasteiger partial charge >= 0.3 is 0 Å². The molecule has 1 atom stereocenters. The number of aromatic nitrogens is 2. The van der Waals surface area contributed by atoms with Gasteiger partial charge in [-0.2, -0.15) is 0 Å². The molecule has 1 aromatic heterocycles. The van der Waals surface area contributed by atoms with E-state index in [-0.39, 0.29) is 11.7 Å². The van der Waals surface area contributed by atoms with E-state index < -0.39 is 0 Å². The number of ether oxygens (including phenoxy) is 2. The molecule has 1 aliphatic heterocycles. The second kappa shape index (κ2) is 5.73. The summed E-state index contributed by atoms with van der Waals surface area (Å²) in [7, 11) is 1.70. The van der Waals surface area contributed by atoms with Gasteiger partial charge in [-0.1, -0.05) is 0 Å². The SMILES string of the molecule is COC[C@H]1CN(Cc2ncccn2)CC(C)(C)O1. The van der Waals surface area contributed by atoms with Crippen molar-refractivity contribution in [1.82, 2.24) is 14.9 Å². The first-order valence-electron chi connectivity index (χ1n) is 6.24. The summed E-state index contributed by atoms with van der Waals surface area (Å²) in [6, 6.07) is 1.83. The number of hydrogen-bond donors (Lipinski definition) is 0. The zero-order valence-corrected chi connectivity index (χ0v) is 11.3. The van der Waals surface area contributed by atoms with Gasteiger partial charge < -0.3 is 9.47 Å². The molecular weight excluding hydrogens is 230 g/mol. The van der Waals surface area contributed by atoms with Crippen molar-refractivity contribution in [3.8, 4) is 0 Å². The molecule has 0 bridgehead atoms. The normalized spacial score (nSPS) is 24.1. The molecule has 5 nitrogen and oxygen atoms in total. The molecule has 0 aliphatic carbocycles. The molecule has 1 saturated heterocycles. The van der Waals surface area contributed by atoms with E-state index in [1.807, 2.05) is 6.07 Å². The minimum atomic E-state index is -0.157. The Labute approximate surface area is 108 Å². The Bertz CT molecular complexity index is 370. The van der Waals surface area contributed by atoms with Gasteiger partial charge in [0, 0.05) is 32.6 Å². The fraction of sp³-hybridized carbons (Fsp3) is 0.692. The highest BCUT2D eigenvalue weighted by Gasteiger charge is 2.33. The van der Waals surface area contributed by atoms with E-state index in [9.17, 15) is 0 Å². The largest absolute Gasteiger partial charge is 0.382 e. The molecule has 1 fully saturated rings. The molecule has 0 saturated carbocycles. The third-order valence-corrected chi connectivity index (χ3v) is 2.89. The van der Waals surface area contributed by atoms with E-state index in [1.165, 1.54) is 0 Å². The predicted molar refractivity (Wildman–Crippen MR) is 68.1 cm³/mol. The fourth-order valence-electron chi connectivity index (χ4n) is 2.42. The summed E-state index contributed by atoms with van der Waals surface area (Å²) in [6.45, 7) is 7.33. The summed E-state index contributed by atoms with van der Waals surface area (Å²) >= 11 is 0. The smallest absolute Gasteiger partial charge is 0.142 e. The Balaban J connectivity index is 1.99. The van der Waals surface area contributed by atoms with Crippen LogP contribution < -0.4 is 0 Å². The third kappa shape index (κ3) is 3.73. The first-order chi connectivity index (χ1) is 8.59. The van der Waals surface area contributed by atoms with Crippen LogP contribution in [0, 0.1) is 0 Å². The molecular formula is C13H21N3O2. The average Bonchev–Trinajstić information content (AvgIpc) is 2.28. The summed E-state index contributed by atoms with van der Waals surface area (Å²) in [6.07, 6.45) is 3.67. The molecule has 0 amide bonds. The van der Waals surface area contributed by atoms with Crippen LogP contribution in [0.2, 0.25) is 0 Å². The van der Waals surface area contributed by atoms with Gasteiger partial charge in [0.25, 0.3) is 0 Å². The molecule has 5 heteroatoms. The lowest BCUT2D eigenvalue weighted by Gasteiger charge is -2.42. The maximum atomic E-state index is 5.97. The number of rotatable bonds is 4. The monoisotopic (exact) mass is 251 g/mol. The predicted octanol–water partition coefficient (Wildman–Crippen LogP) is 1.10. The summed E-state index contributed by atoms with van der Waals surface area (Å²) in [5, 5.41) is 0. The van der Waals surface area contributed by atoms with Crippen molar-refractivity contribution in [2.24, 2.45) is 0 Å². The van der Waals surface area contributed by atoms with E-state index in [0.717, 1.165) is 25.5 Å². The van der Waals surface area contributed by atoms with Gasteiger partial charge in [-0.25, -0.2) is 9.97 Å². The molecule has 2 heterocycles. The Hall–Kier alpha value is -1.04. The Morgan fingerprint density at radius 2 is 2.17 bits per heavy atom. The quantitative estimate of drug-likeness (QED) is 0.802. The molecule has 0 spiro atoms. The standard InChI is InChI=1S/C13H21N3O2/c1-13(2)10-16(7-11(18-13)9-17-3)8-12-14-5-4-6-15-12/h4-6,11H,7-10H2,1-3H3/t11-/m1/s1. The van der Waals surface area contributed by atoms with Gasteiger partial charge in [0.05, 0.1) is 24.9 Å². The van der Waals surface area contributed by atoms with Gasteiger partial charge in [-0.05, 0) is 19.9 Å². The number of morpholine rings is 1. The van der Waals surface area contributed by atoms with Crippen molar-refractivity contribution in [2.75, 3.05) is 26.8 Å². The van der Waals surface area contributed by atoms with Crippen molar-refractivity contribution in [3.05, 3.63) is 24.3 Å². The Morgan fingerprint density at radius 3 is 2.83 bits per heavy atom. The van der Waals surface area contributed by atoms with Gasteiger partial charge in [-0.3, -0.25) is 4.90 Å². The van der Waals surface area contributed by atoms with Crippen LogP contribution in [0.25, 0.3) is 0 Å². The Morgan fingerprint density at radius 1 is 1.44 bits per heavy atom. The zero-order valence-electron chi connectivity index (χ0n) is 11.3. The molecule has 0 aromatic carbocycles. The first-order valence-corrected chi connectivity index (χ1v) is 6.24. The Kier molecular flexibility index (Phi) is 4.27. The van der Waals surface area contributed by atoms with Gasteiger partial charge in [-0.15, -0.1) is 0 Å². The number of methoxy groups -OCH3 is 1. The molecule has 0 unspecified atom stereocenters. The summed E-state index contributed by atoms with van der Waals surface area (Å²) in [5.41, 5.74) is -0.157. The molecule has 100 valence electrons. The summed E-state index contributed by atoms with van der Waals surface area (Å²) < 4.78 is 11.2. The van der Waals surface area contributed by atoms with Crippen LogP contribution in [0.4, 0.5) is 0 Å². The maximum Gasteiger partial charge on any atom is 0.142 e. The molecule has 0 N–H and O–H groups in total. The van der Waals surface area contributed by atoms with Gasteiger partial charge in [0.2, 0.25) is 0 Å². The first kappa shape index (κ1) is 13.4. The maximum absolute atomic E-state index is 5.97. The average molecular weight is 251 g/mol. The molecule has 0 radical (unpaired) electrons. The minimum absolute atomic E-state index is 0.113. The zero-order chi connectivity index (χ0) is 13.0. The van der Waals surface area contributed by atoms with Crippen molar-refractivity contribution < 1.29 is 9.47 Å². The topological polar surface area (TPSA) is 47.5 Å². The van der Waals surface area contributed by atoms with Crippen LogP contribution in [-0.2, 0) is 16.0 Å². The summed E-state index contributed by atoms with van der Waals surface area (Å²) in [4.78, 5) is 10.9. The van der Waals surface area contributed by atoms with Gasteiger partial charge in [0.15, 0.2) is 0 Å². The van der Waals surface area contributed by atoms with Crippen LogP contribution in [-0.4, -0.2) is 53.4 Å². The second-order valence-electron chi connectivity index (χ2n) is 5.29. The minimum Gasteiger partial charge on any atom is -0.382 e. The second-order valence-corrected chi connectivity index (χ2v) is 5.29. The lowest BCUT2D eigenvalue weighted by molar-refractivity contribution is -0.154. The van der Waals surface area contributed by atoms with Crippen molar-refractivity contribution >= 4 is 0 Å². The van der Waals surface area contributed by atoms with Crippen molar-refractivity contribution in [2.45, 2.75) is 32.1 Å². The fourth-order valence-corrected chi connectivity index (χ4v) is 2.42. The van der Waals surface area contributed by atoms with Crippen molar-refractivity contribution in [3.63, 3.8) is 0 Å². The molecule has 1 aromatic rings. The molecule has 1 aliphatic rings. The van der Waals surface area contributed by atoms with E-state index in [0.29, 0.717) is 6.61 Å². The summed E-state index contributed by atoms with van der Waals surface area (Å²) in [5.74, 6) is 0.853. The van der Waals surface area contributed by atoms with E-state index >= 15 is 0 Å². The van der Waals surface area contributed by atoms with Crippen LogP contribution in [0.15, 0.2) is 18.5 Å². The van der Waals surface area contributed by atoms with Crippen LogP contribution in [0.1, 0.15) is 19.7 Å². The van der Waals surface area contributed by atoms with E-state index in [4.69, 9.17) is 9.47 Å². The van der Waals surface area contributed by atoms with Gasteiger partial charge in [0.1, 0.15) is 5.82 Å². The van der Waals surface area contributed by atoms with E-state index in [2.05, 4.69) is 28.7 Å². The van der Waals surface area contributed by atoms with Crippen molar-refractivity contribution in [1.29, 1.82) is 0 Å². The lowest BCUT2D eigenvalue weighted by atomic mass is 10.1.